The Balaban J connectivity index is 1.85. The average Bonchev–Trinajstić information content (AvgIpc) is 3.15. The molecule has 33 heavy (non-hydrogen) atoms. The number of benzene rings is 2. The first kappa shape index (κ1) is 24.9. The highest BCUT2D eigenvalue weighted by molar-refractivity contribution is 9.10. The minimum absolute atomic E-state index is 0.0157. The Bertz CT molecular complexity index is 1300. The van der Waals surface area contributed by atoms with Gasteiger partial charge in [-0.05, 0) is 55.5 Å². The number of carbonyl (C=O) groups is 1. The van der Waals surface area contributed by atoms with Crippen LogP contribution < -0.4 is 19.5 Å². The van der Waals surface area contributed by atoms with Crippen LogP contribution in [0.1, 0.15) is 10.5 Å². The van der Waals surface area contributed by atoms with E-state index in [4.69, 9.17) is 4.74 Å². The van der Waals surface area contributed by atoms with Crippen LogP contribution in [0.25, 0.3) is 0 Å². The van der Waals surface area contributed by atoms with Crippen molar-refractivity contribution in [2.24, 2.45) is 7.05 Å². The Hall–Kier alpha value is -2.76. The number of amides is 1. The molecule has 2 N–H and O–H groups in total. The molecular weight excluding hydrogens is 545 g/mol. The molecule has 0 fully saturated rings. The normalized spacial score (nSPS) is 11.7. The number of aryl methyl sites for hydroxylation is 1. The number of rotatable bonds is 8. The fraction of sp³-hybridized carbons (Fsp3) is 0.158. The summed E-state index contributed by atoms with van der Waals surface area (Å²) < 4.78 is 65.8. The van der Waals surface area contributed by atoms with Gasteiger partial charge in [0.15, 0.2) is 0 Å². The molecule has 0 saturated heterocycles. The van der Waals surface area contributed by atoms with Crippen LogP contribution >= 0.6 is 25.2 Å². The number of ether oxygens (including phenoxy) is 2. The van der Waals surface area contributed by atoms with Crippen LogP contribution in [0.15, 0.2) is 58.0 Å². The molecule has 3 aromatic rings. The molecule has 0 saturated carbocycles. The fourth-order valence-electron chi connectivity index (χ4n) is 2.76. The molecule has 0 aliphatic carbocycles. The summed E-state index contributed by atoms with van der Waals surface area (Å²) in [5.41, 5.74) is 0.578. The van der Waals surface area contributed by atoms with Gasteiger partial charge in [-0.15, -0.1) is 0 Å². The first-order valence-corrected chi connectivity index (χ1v) is 11.9. The van der Waals surface area contributed by atoms with Gasteiger partial charge in [-0.3, -0.25) is 14.2 Å². The number of aromatic nitrogens is 2. The summed E-state index contributed by atoms with van der Waals surface area (Å²) >= 11 is 3.07. The van der Waals surface area contributed by atoms with E-state index in [-0.39, 0.29) is 26.6 Å². The van der Waals surface area contributed by atoms with E-state index in [0.717, 1.165) is 6.07 Å². The topological polar surface area (TPSA) is 112 Å². The Morgan fingerprint density at radius 2 is 1.82 bits per heavy atom. The monoisotopic (exact) mass is 562 g/mol. The van der Waals surface area contributed by atoms with Crippen molar-refractivity contribution < 1.29 is 31.5 Å². The van der Waals surface area contributed by atoms with Crippen molar-refractivity contribution in [1.82, 2.24) is 9.78 Å². The van der Waals surface area contributed by atoms with Gasteiger partial charge in [-0.1, -0.05) is 0 Å². The summed E-state index contributed by atoms with van der Waals surface area (Å²) in [5, 5.41) is 6.55. The molecule has 2 aromatic carbocycles. The van der Waals surface area contributed by atoms with E-state index in [1.807, 2.05) is 0 Å². The van der Waals surface area contributed by atoms with Gasteiger partial charge >= 0.3 is 5.85 Å². The Morgan fingerprint density at radius 3 is 2.42 bits per heavy atom. The van der Waals surface area contributed by atoms with Gasteiger partial charge in [-0.25, -0.2) is 8.42 Å². The van der Waals surface area contributed by atoms with Gasteiger partial charge < -0.3 is 14.8 Å². The molecular formula is C19H18BrF2N4O5PS. The van der Waals surface area contributed by atoms with Gasteiger partial charge in [0.05, 0.1) is 17.3 Å². The van der Waals surface area contributed by atoms with Crippen LogP contribution in [-0.4, -0.2) is 37.1 Å². The number of anilines is 2. The predicted octanol–water partition coefficient (Wildman–Crippen LogP) is 4.05. The molecule has 1 atom stereocenters. The lowest BCUT2D eigenvalue weighted by atomic mass is 10.3. The van der Waals surface area contributed by atoms with E-state index >= 15 is 0 Å². The molecule has 14 heteroatoms. The molecule has 0 radical (unpaired) electrons. The summed E-state index contributed by atoms with van der Waals surface area (Å²) in [5.74, 6) is -4.30. The molecule has 9 nitrogen and oxygen atoms in total. The number of halogens is 3. The summed E-state index contributed by atoms with van der Waals surface area (Å²) in [6, 6.07) is 9.33. The van der Waals surface area contributed by atoms with E-state index in [1.54, 1.807) is 7.05 Å². The van der Waals surface area contributed by atoms with Gasteiger partial charge in [-0.2, -0.15) is 13.9 Å². The first-order valence-electron chi connectivity index (χ1n) is 9.05. The highest BCUT2D eigenvalue weighted by Gasteiger charge is 2.26. The zero-order valence-electron chi connectivity index (χ0n) is 17.2. The lowest BCUT2D eigenvalue weighted by Gasteiger charge is -2.16. The zero-order valence-corrected chi connectivity index (χ0v) is 20.7. The lowest BCUT2D eigenvalue weighted by Crippen LogP contribution is -2.17. The molecule has 0 aliphatic rings. The van der Waals surface area contributed by atoms with E-state index in [9.17, 15) is 22.0 Å². The second-order valence-electron chi connectivity index (χ2n) is 6.57. The SMILES string of the molecule is COc1cc(NC(=O)c2ccnn2C)ccc1S(=O)(=O)Nc1ccc(Br)c(OC(F)(F)P)c1. The van der Waals surface area contributed by atoms with Crippen LogP contribution in [-0.2, 0) is 17.1 Å². The van der Waals surface area contributed by atoms with E-state index in [2.05, 4.69) is 35.8 Å². The summed E-state index contributed by atoms with van der Waals surface area (Å²) in [6.45, 7) is 0. The quantitative estimate of drug-likeness (QED) is 0.401. The van der Waals surface area contributed by atoms with Crippen LogP contribution in [0.2, 0.25) is 0 Å². The molecule has 1 amide bonds. The summed E-state index contributed by atoms with van der Waals surface area (Å²) in [4.78, 5) is 12.1. The van der Waals surface area contributed by atoms with Crippen molar-refractivity contribution in [3.63, 3.8) is 0 Å². The number of hydrogen-bond acceptors (Lipinski definition) is 6. The predicted molar refractivity (Wildman–Crippen MR) is 124 cm³/mol. The van der Waals surface area contributed by atoms with Crippen LogP contribution in [0, 0.1) is 0 Å². The Labute approximate surface area is 198 Å². The maximum Gasteiger partial charge on any atom is 0.408 e. The summed E-state index contributed by atoms with van der Waals surface area (Å²) in [6.07, 6.45) is 1.47. The third-order valence-electron chi connectivity index (χ3n) is 4.19. The smallest absolute Gasteiger partial charge is 0.408 e. The average molecular weight is 563 g/mol. The number of nitrogens with one attached hydrogen (secondary N) is 2. The molecule has 176 valence electrons. The molecule has 0 spiro atoms. The van der Waals surface area contributed by atoms with Crippen molar-refractivity contribution in [2.75, 3.05) is 17.1 Å². The molecule has 0 aliphatic heterocycles. The number of sulfonamides is 1. The van der Waals surface area contributed by atoms with Crippen molar-refractivity contribution >= 4 is 52.5 Å². The number of nitrogens with zero attached hydrogens (tertiary/aromatic N) is 2. The Kier molecular flexibility index (Phi) is 7.25. The zero-order chi connectivity index (χ0) is 24.4. The van der Waals surface area contributed by atoms with E-state index in [1.165, 1.54) is 63.6 Å². The van der Waals surface area contributed by atoms with Crippen LogP contribution in [0.5, 0.6) is 11.5 Å². The standard InChI is InChI=1S/C19H18BrF2N4O5PS/c1-26-14(7-8-23-26)18(27)24-11-4-6-17(16(9-11)30-2)33(28,29)25-12-3-5-13(20)15(10-12)31-19(21,22)32/h3-10,25H,32H2,1-2H3,(H,24,27). The summed E-state index contributed by atoms with van der Waals surface area (Å²) in [7, 11) is -0.0797. The molecule has 1 unspecified atom stereocenters. The highest BCUT2D eigenvalue weighted by atomic mass is 79.9. The largest absolute Gasteiger partial charge is 0.495 e. The third kappa shape index (κ3) is 6.18. The van der Waals surface area contributed by atoms with Gasteiger partial charge in [0.1, 0.15) is 22.1 Å². The minimum atomic E-state index is -4.19. The molecule has 3 rings (SSSR count). The maximum absolute atomic E-state index is 13.2. The van der Waals surface area contributed by atoms with Gasteiger partial charge in [0, 0.05) is 31.1 Å². The third-order valence-corrected chi connectivity index (χ3v) is 6.39. The van der Waals surface area contributed by atoms with Crippen molar-refractivity contribution in [1.29, 1.82) is 0 Å². The number of alkyl halides is 2. The van der Waals surface area contributed by atoms with Crippen molar-refractivity contribution in [2.45, 2.75) is 10.7 Å². The highest BCUT2D eigenvalue weighted by Crippen LogP contribution is 2.36. The molecule has 1 aromatic heterocycles. The second kappa shape index (κ2) is 9.62. The molecule has 0 bridgehead atoms. The second-order valence-corrected chi connectivity index (χ2v) is 9.75. The first-order chi connectivity index (χ1) is 15.4. The molecule has 1 heterocycles. The fourth-order valence-corrected chi connectivity index (χ4v) is 4.42. The van der Waals surface area contributed by atoms with Crippen LogP contribution in [0.3, 0.4) is 0 Å². The Morgan fingerprint density at radius 1 is 1.15 bits per heavy atom. The van der Waals surface area contributed by atoms with Crippen molar-refractivity contribution in [3.05, 3.63) is 58.8 Å². The number of methoxy groups -OCH3 is 1. The lowest BCUT2D eigenvalue weighted by molar-refractivity contribution is -0.0896. The van der Waals surface area contributed by atoms with Gasteiger partial charge in [0.2, 0.25) is 0 Å². The van der Waals surface area contributed by atoms with Crippen LogP contribution in [0.4, 0.5) is 20.2 Å². The maximum atomic E-state index is 13.2. The van der Waals surface area contributed by atoms with Crippen molar-refractivity contribution in [3.8, 4) is 11.5 Å². The number of carbonyl (C=O) groups excluding carboxylic acids is 1. The van der Waals surface area contributed by atoms with Gasteiger partial charge in [0.25, 0.3) is 15.9 Å². The number of hydrogen-bond donors (Lipinski definition) is 2. The van der Waals surface area contributed by atoms with E-state index < -0.39 is 21.8 Å². The van der Waals surface area contributed by atoms with E-state index in [0.29, 0.717) is 11.4 Å². The minimum Gasteiger partial charge on any atom is -0.495 e.